The number of halogens is 5. The van der Waals surface area contributed by atoms with Crippen LogP contribution in [0, 0.1) is 11.6 Å². The van der Waals surface area contributed by atoms with Gasteiger partial charge in [0, 0.05) is 12.6 Å². The van der Waals surface area contributed by atoms with Gasteiger partial charge < -0.3 is 14.8 Å². The van der Waals surface area contributed by atoms with E-state index in [1.165, 1.54) is 26.0 Å². The number of ether oxygens (including phenoxy) is 2. The lowest BCUT2D eigenvalue weighted by Crippen LogP contribution is -2.58. The van der Waals surface area contributed by atoms with Crippen LogP contribution >= 0.6 is 0 Å². The Hall–Kier alpha value is -3.62. The summed E-state index contributed by atoms with van der Waals surface area (Å²) in [5, 5.41) is 4.73. The number of rotatable bonds is 6. The molecule has 1 aliphatic rings. The molecule has 0 fully saturated rings. The van der Waals surface area contributed by atoms with Crippen molar-refractivity contribution in [2.45, 2.75) is 69.5 Å². The fourth-order valence-electron chi connectivity index (χ4n) is 3.92. The van der Waals surface area contributed by atoms with Gasteiger partial charge in [-0.1, -0.05) is 0 Å². The van der Waals surface area contributed by atoms with Crippen LogP contribution in [0.2, 0.25) is 0 Å². The first-order chi connectivity index (χ1) is 17.8. The first-order valence-electron chi connectivity index (χ1n) is 11.5. The highest BCUT2D eigenvalue weighted by Crippen LogP contribution is 2.42. The monoisotopic (exact) mass is 579 g/mol. The topological polar surface area (TPSA) is 114 Å². The highest BCUT2D eigenvalue weighted by molar-refractivity contribution is 7.92. The van der Waals surface area contributed by atoms with Gasteiger partial charge in [-0.2, -0.15) is 13.2 Å². The van der Waals surface area contributed by atoms with E-state index in [4.69, 9.17) is 4.74 Å². The van der Waals surface area contributed by atoms with E-state index in [2.05, 4.69) is 15.4 Å². The summed E-state index contributed by atoms with van der Waals surface area (Å²) >= 11 is 0. The molecule has 214 valence electrons. The third-order valence-electron chi connectivity index (χ3n) is 5.95. The maximum Gasteiger partial charge on any atom is 0.427 e. The lowest BCUT2D eigenvalue weighted by atomic mass is 10.0. The van der Waals surface area contributed by atoms with Crippen LogP contribution in [-0.4, -0.2) is 50.4 Å². The summed E-state index contributed by atoms with van der Waals surface area (Å²) in [6.07, 6.45) is -7.29. The molecule has 0 bridgehead atoms. The van der Waals surface area contributed by atoms with Crippen molar-refractivity contribution in [3.05, 3.63) is 48.0 Å². The Morgan fingerprint density at radius 2 is 1.72 bits per heavy atom. The van der Waals surface area contributed by atoms with E-state index >= 15 is 0 Å². The maximum absolute atomic E-state index is 14.0. The van der Waals surface area contributed by atoms with Crippen LogP contribution in [0.3, 0.4) is 0 Å². The third kappa shape index (κ3) is 6.18. The van der Waals surface area contributed by atoms with Crippen LogP contribution in [0.1, 0.15) is 34.6 Å². The average Bonchev–Trinajstić information content (AvgIpc) is 2.78. The molecule has 2 aromatic carbocycles. The van der Waals surface area contributed by atoms with Gasteiger partial charge in [0.15, 0.2) is 11.6 Å². The van der Waals surface area contributed by atoms with Crippen molar-refractivity contribution in [3.8, 4) is 5.75 Å². The molecule has 9 nitrogen and oxygen atoms in total. The summed E-state index contributed by atoms with van der Waals surface area (Å²) in [6.45, 7) is 5.58. The number of carbonyl (C=O) groups is 2. The second-order valence-corrected chi connectivity index (χ2v) is 11.2. The molecule has 1 aliphatic heterocycles. The predicted molar refractivity (Wildman–Crippen MR) is 130 cm³/mol. The molecule has 0 spiro atoms. The molecule has 3 rings (SSSR count). The molecule has 15 heteroatoms. The van der Waals surface area contributed by atoms with Gasteiger partial charge in [-0.3, -0.25) is 14.4 Å². The number of hydrogen-bond acceptors (Lipinski definition) is 6. The van der Waals surface area contributed by atoms with Gasteiger partial charge in [0.25, 0.3) is 10.0 Å². The first kappa shape index (κ1) is 29.9. The van der Waals surface area contributed by atoms with Crippen LogP contribution in [0.5, 0.6) is 5.75 Å². The second-order valence-electron chi connectivity index (χ2n) is 9.39. The average molecular weight is 580 g/mol. The van der Waals surface area contributed by atoms with Crippen molar-refractivity contribution in [2.75, 3.05) is 9.62 Å². The number of sulfonamides is 1. The van der Waals surface area contributed by atoms with E-state index in [1.807, 2.05) is 0 Å². The zero-order valence-electron chi connectivity index (χ0n) is 21.4. The fourth-order valence-corrected chi connectivity index (χ4v) is 5.60. The molecule has 0 aromatic heterocycles. The number of nitrogens with zero attached hydrogens (tertiary/aromatic N) is 1. The van der Waals surface area contributed by atoms with Gasteiger partial charge in [0.2, 0.25) is 11.5 Å². The van der Waals surface area contributed by atoms with Crippen LogP contribution in [-0.2, 0) is 19.6 Å². The number of nitrogens with one attached hydrogen (secondary N) is 2. The molecular weight excluding hydrogens is 553 g/mol. The standard InChI is InChI=1S/C24H26F5N3O6S/c1-12(30-14(3)33)21-13(2)32(39(35,36)16-7-8-17(25)18(26)11-16)19-10-15(6-9-20(19)37-21)31-22(34)38-23(4,5)24(27,28)29/h6-13,21H,1-5H3,(H,30,33)(H,31,34)/t12-,13+,21-/m0/s1. The Kier molecular flexibility index (Phi) is 8.06. The van der Waals surface area contributed by atoms with Crippen molar-refractivity contribution >= 4 is 33.4 Å². The zero-order chi connectivity index (χ0) is 29.5. The smallest absolute Gasteiger partial charge is 0.427 e. The van der Waals surface area contributed by atoms with E-state index in [0.29, 0.717) is 26.0 Å². The Bertz CT molecular complexity index is 1380. The minimum absolute atomic E-state index is 0.0315. The second kappa shape index (κ2) is 10.5. The van der Waals surface area contributed by atoms with Crippen LogP contribution in [0.25, 0.3) is 0 Å². The first-order valence-corrected chi connectivity index (χ1v) is 12.9. The molecule has 0 unspecified atom stereocenters. The number of hydrogen-bond donors (Lipinski definition) is 2. The molecule has 3 atom stereocenters. The van der Waals surface area contributed by atoms with Crippen LogP contribution in [0.4, 0.5) is 38.1 Å². The molecule has 0 radical (unpaired) electrons. The Morgan fingerprint density at radius 1 is 1.08 bits per heavy atom. The molecule has 0 saturated heterocycles. The predicted octanol–water partition coefficient (Wildman–Crippen LogP) is 4.72. The van der Waals surface area contributed by atoms with Gasteiger partial charge in [-0.15, -0.1) is 0 Å². The third-order valence-corrected chi connectivity index (χ3v) is 7.85. The van der Waals surface area contributed by atoms with Gasteiger partial charge >= 0.3 is 12.3 Å². The Balaban J connectivity index is 2.07. The maximum atomic E-state index is 14.0. The molecule has 1 heterocycles. The molecule has 0 saturated carbocycles. The Labute approximate surface area is 221 Å². The van der Waals surface area contributed by atoms with Gasteiger partial charge in [-0.05, 0) is 64.1 Å². The van der Waals surface area contributed by atoms with E-state index in [-0.39, 0.29) is 17.1 Å². The summed E-state index contributed by atoms with van der Waals surface area (Å²) in [7, 11) is -4.61. The largest absolute Gasteiger partial charge is 0.484 e. The highest BCUT2D eigenvalue weighted by Gasteiger charge is 2.51. The van der Waals surface area contributed by atoms with Gasteiger partial charge in [-0.25, -0.2) is 22.0 Å². The number of benzene rings is 2. The number of anilines is 2. The number of fused-ring (bicyclic) bond motifs is 1. The van der Waals surface area contributed by atoms with Crippen molar-refractivity contribution < 1.29 is 49.4 Å². The minimum Gasteiger partial charge on any atom is -0.484 e. The quantitative estimate of drug-likeness (QED) is 0.479. The highest BCUT2D eigenvalue weighted by atomic mass is 32.2. The molecular formula is C24H26F5N3O6S. The van der Waals surface area contributed by atoms with Gasteiger partial charge in [0.05, 0.1) is 22.7 Å². The number of carbonyl (C=O) groups excluding carboxylic acids is 2. The van der Waals surface area contributed by atoms with E-state index in [0.717, 1.165) is 16.4 Å². The van der Waals surface area contributed by atoms with Crippen LogP contribution < -0.4 is 19.7 Å². The van der Waals surface area contributed by atoms with E-state index < -0.39 is 68.5 Å². The number of alkyl halides is 3. The lowest BCUT2D eigenvalue weighted by Gasteiger charge is -2.43. The van der Waals surface area contributed by atoms with Crippen LogP contribution in [0.15, 0.2) is 41.3 Å². The summed E-state index contributed by atoms with van der Waals surface area (Å²) in [4.78, 5) is 23.2. The molecule has 2 aromatic rings. The fraction of sp³-hybridized carbons (Fsp3) is 0.417. The zero-order valence-corrected chi connectivity index (χ0v) is 22.2. The summed E-state index contributed by atoms with van der Waals surface area (Å²) in [5.74, 6) is -3.13. The van der Waals surface area contributed by atoms with Crippen molar-refractivity contribution in [2.24, 2.45) is 0 Å². The normalized spacial score (nSPS) is 18.5. The molecule has 2 N–H and O–H groups in total. The van der Waals surface area contributed by atoms with Crippen molar-refractivity contribution in [1.29, 1.82) is 0 Å². The molecule has 2 amide bonds. The lowest BCUT2D eigenvalue weighted by molar-refractivity contribution is -0.242. The van der Waals surface area contributed by atoms with Crippen molar-refractivity contribution in [3.63, 3.8) is 0 Å². The SMILES string of the molecule is CC(=O)N[C@@H](C)[C@@H]1Oc2ccc(NC(=O)OC(C)(C)C(F)(F)F)cc2N(S(=O)(=O)c2ccc(F)c(F)c2)[C@@H]1C. The summed E-state index contributed by atoms with van der Waals surface area (Å²) < 4.78 is 106. The molecule has 39 heavy (non-hydrogen) atoms. The van der Waals surface area contributed by atoms with E-state index in [9.17, 15) is 40.0 Å². The Morgan fingerprint density at radius 3 is 2.28 bits per heavy atom. The van der Waals surface area contributed by atoms with Gasteiger partial charge in [0.1, 0.15) is 11.9 Å². The number of amides is 2. The van der Waals surface area contributed by atoms with E-state index in [1.54, 1.807) is 6.92 Å². The molecule has 0 aliphatic carbocycles. The van der Waals surface area contributed by atoms with Crippen molar-refractivity contribution in [1.82, 2.24) is 5.32 Å². The minimum atomic E-state index is -4.86. The summed E-state index contributed by atoms with van der Waals surface area (Å²) in [5.41, 5.74) is -3.13. The summed E-state index contributed by atoms with van der Waals surface area (Å²) in [6, 6.07) is 3.84.